The molecule has 1 saturated carbocycles. The van der Waals surface area contributed by atoms with Crippen molar-refractivity contribution in [3.63, 3.8) is 0 Å². The van der Waals surface area contributed by atoms with Crippen molar-refractivity contribution < 1.29 is 14.3 Å². The standard InChI is InChI=1S/C21H28N6O3/c1-14(2)30-21(29)25-9-6-18(7-10-25)27(17-4-5-17)19(28)16-12-23-20(24-13-16)26-11-8-22-15(26)3/h8,11-14,17-18H,4-7,9-10H2,1-3H3. The number of amides is 2. The maximum Gasteiger partial charge on any atom is 0.410 e. The van der Waals surface area contributed by atoms with Crippen LogP contribution in [0, 0.1) is 6.92 Å². The van der Waals surface area contributed by atoms with Gasteiger partial charge in [0.1, 0.15) is 5.82 Å². The van der Waals surface area contributed by atoms with Gasteiger partial charge in [-0.1, -0.05) is 0 Å². The molecule has 30 heavy (non-hydrogen) atoms. The van der Waals surface area contributed by atoms with Gasteiger partial charge in [-0.15, -0.1) is 0 Å². The van der Waals surface area contributed by atoms with E-state index < -0.39 is 0 Å². The summed E-state index contributed by atoms with van der Waals surface area (Å²) < 4.78 is 7.07. The zero-order chi connectivity index (χ0) is 21.3. The summed E-state index contributed by atoms with van der Waals surface area (Å²) in [5.41, 5.74) is 0.491. The molecule has 1 aliphatic carbocycles. The lowest BCUT2D eigenvalue weighted by Crippen LogP contribution is -2.50. The first kappa shape index (κ1) is 20.3. The van der Waals surface area contributed by atoms with Gasteiger partial charge < -0.3 is 14.5 Å². The Bertz CT molecular complexity index is 898. The molecule has 1 saturated heterocycles. The van der Waals surface area contributed by atoms with Crippen molar-refractivity contribution in [2.75, 3.05) is 13.1 Å². The Balaban J connectivity index is 1.43. The van der Waals surface area contributed by atoms with Gasteiger partial charge in [-0.05, 0) is 46.5 Å². The molecule has 0 N–H and O–H groups in total. The van der Waals surface area contributed by atoms with Crippen LogP contribution >= 0.6 is 0 Å². The van der Waals surface area contributed by atoms with Crippen LogP contribution in [-0.4, -0.2) is 72.6 Å². The third-order valence-corrected chi connectivity index (χ3v) is 5.55. The first-order valence-electron chi connectivity index (χ1n) is 10.5. The summed E-state index contributed by atoms with van der Waals surface area (Å²) >= 11 is 0. The van der Waals surface area contributed by atoms with E-state index in [1.54, 1.807) is 34.3 Å². The number of hydrogen-bond donors (Lipinski definition) is 0. The predicted octanol–water partition coefficient (Wildman–Crippen LogP) is 2.58. The third kappa shape index (κ3) is 4.29. The number of ether oxygens (including phenoxy) is 1. The minimum Gasteiger partial charge on any atom is -0.447 e. The Morgan fingerprint density at radius 3 is 2.23 bits per heavy atom. The van der Waals surface area contributed by atoms with E-state index in [1.807, 2.05) is 25.7 Å². The zero-order valence-corrected chi connectivity index (χ0v) is 17.7. The van der Waals surface area contributed by atoms with Crippen molar-refractivity contribution >= 4 is 12.0 Å². The molecule has 4 rings (SSSR count). The topological polar surface area (TPSA) is 93.5 Å². The number of aromatic nitrogens is 4. The summed E-state index contributed by atoms with van der Waals surface area (Å²) in [6.45, 7) is 6.77. The van der Waals surface area contributed by atoms with E-state index in [1.165, 1.54) is 0 Å². The van der Waals surface area contributed by atoms with Gasteiger partial charge in [-0.25, -0.2) is 19.7 Å². The number of hydrogen-bond acceptors (Lipinski definition) is 6. The fourth-order valence-corrected chi connectivity index (χ4v) is 3.88. The van der Waals surface area contributed by atoms with Gasteiger partial charge in [0.05, 0.1) is 11.7 Å². The van der Waals surface area contributed by atoms with Gasteiger partial charge in [0.25, 0.3) is 5.91 Å². The molecule has 0 unspecified atom stereocenters. The molecule has 2 fully saturated rings. The number of rotatable bonds is 5. The predicted molar refractivity (Wildman–Crippen MR) is 109 cm³/mol. The largest absolute Gasteiger partial charge is 0.447 e. The molecule has 2 aromatic rings. The van der Waals surface area contributed by atoms with E-state index >= 15 is 0 Å². The fourth-order valence-electron chi connectivity index (χ4n) is 3.88. The van der Waals surface area contributed by atoms with Crippen molar-refractivity contribution in [2.24, 2.45) is 0 Å². The maximum absolute atomic E-state index is 13.3. The third-order valence-electron chi connectivity index (χ3n) is 5.55. The van der Waals surface area contributed by atoms with Crippen LogP contribution in [0.15, 0.2) is 24.8 Å². The minimum absolute atomic E-state index is 0.0328. The Kier molecular flexibility index (Phi) is 5.69. The molecular formula is C21H28N6O3. The van der Waals surface area contributed by atoms with Crippen LogP contribution in [0.5, 0.6) is 0 Å². The number of nitrogens with zero attached hydrogens (tertiary/aromatic N) is 6. The van der Waals surface area contributed by atoms with Crippen LogP contribution < -0.4 is 0 Å². The lowest BCUT2D eigenvalue weighted by atomic mass is 10.0. The highest BCUT2D eigenvalue weighted by Gasteiger charge is 2.39. The Morgan fingerprint density at radius 1 is 1.07 bits per heavy atom. The number of carbonyl (C=O) groups excluding carboxylic acids is 2. The summed E-state index contributed by atoms with van der Waals surface area (Å²) in [5, 5.41) is 0. The molecule has 0 spiro atoms. The zero-order valence-electron chi connectivity index (χ0n) is 17.7. The molecule has 2 aromatic heterocycles. The second-order valence-electron chi connectivity index (χ2n) is 8.21. The first-order valence-corrected chi connectivity index (χ1v) is 10.5. The lowest BCUT2D eigenvalue weighted by molar-refractivity contribution is 0.0450. The SMILES string of the molecule is Cc1nccn1-c1ncc(C(=O)N(C2CC2)C2CCN(C(=O)OC(C)C)CC2)cn1. The molecular weight excluding hydrogens is 384 g/mol. The summed E-state index contributed by atoms with van der Waals surface area (Å²) in [5.74, 6) is 1.25. The van der Waals surface area contributed by atoms with Crippen LogP contribution in [0.2, 0.25) is 0 Å². The minimum atomic E-state index is -0.272. The second-order valence-corrected chi connectivity index (χ2v) is 8.21. The van der Waals surface area contributed by atoms with Crippen LogP contribution in [-0.2, 0) is 4.74 Å². The average Bonchev–Trinajstić information content (AvgIpc) is 3.47. The van der Waals surface area contributed by atoms with Crippen molar-refractivity contribution in [3.8, 4) is 5.95 Å². The molecule has 1 aliphatic heterocycles. The molecule has 9 nitrogen and oxygen atoms in total. The van der Waals surface area contributed by atoms with Gasteiger partial charge >= 0.3 is 6.09 Å². The highest BCUT2D eigenvalue weighted by atomic mass is 16.6. The highest BCUT2D eigenvalue weighted by Crippen LogP contribution is 2.33. The lowest BCUT2D eigenvalue weighted by Gasteiger charge is -2.38. The molecule has 9 heteroatoms. The van der Waals surface area contributed by atoms with E-state index in [9.17, 15) is 9.59 Å². The van der Waals surface area contributed by atoms with Crippen LogP contribution in [0.4, 0.5) is 4.79 Å². The van der Waals surface area contributed by atoms with Gasteiger partial charge in [0.2, 0.25) is 5.95 Å². The van der Waals surface area contributed by atoms with Crippen molar-refractivity contribution in [2.45, 2.75) is 64.6 Å². The van der Waals surface area contributed by atoms with Crippen LogP contribution in [0.3, 0.4) is 0 Å². The Hall–Kier alpha value is -2.97. The quantitative estimate of drug-likeness (QED) is 0.749. The van der Waals surface area contributed by atoms with E-state index in [2.05, 4.69) is 15.0 Å². The summed E-state index contributed by atoms with van der Waals surface area (Å²) in [6, 6.07) is 0.385. The van der Waals surface area contributed by atoms with Crippen LogP contribution in [0.25, 0.3) is 5.95 Å². The molecule has 0 radical (unpaired) electrons. The second kappa shape index (κ2) is 8.41. The highest BCUT2D eigenvalue weighted by molar-refractivity contribution is 5.94. The molecule has 160 valence electrons. The van der Waals surface area contributed by atoms with E-state index in [-0.39, 0.29) is 30.2 Å². The van der Waals surface area contributed by atoms with Crippen molar-refractivity contribution in [3.05, 3.63) is 36.2 Å². The van der Waals surface area contributed by atoms with E-state index in [0.717, 1.165) is 31.5 Å². The van der Waals surface area contributed by atoms with Crippen molar-refractivity contribution in [1.82, 2.24) is 29.3 Å². The number of carbonyl (C=O) groups is 2. The number of likely N-dealkylation sites (tertiary alicyclic amines) is 1. The van der Waals surface area contributed by atoms with Gasteiger partial charge in [-0.3, -0.25) is 9.36 Å². The smallest absolute Gasteiger partial charge is 0.410 e. The summed E-state index contributed by atoms with van der Waals surface area (Å²) in [7, 11) is 0. The van der Waals surface area contributed by atoms with Gasteiger partial charge in [0, 0.05) is 50.0 Å². The van der Waals surface area contributed by atoms with Gasteiger partial charge in [0.15, 0.2) is 0 Å². The van der Waals surface area contributed by atoms with E-state index in [0.29, 0.717) is 24.6 Å². The average molecular weight is 412 g/mol. The Labute approximate surface area is 176 Å². The van der Waals surface area contributed by atoms with Crippen molar-refractivity contribution in [1.29, 1.82) is 0 Å². The molecule has 0 atom stereocenters. The molecule has 3 heterocycles. The molecule has 2 amide bonds. The normalized spacial score (nSPS) is 17.3. The summed E-state index contributed by atoms with van der Waals surface area (Å²) in [4.78, 5) is 42.1. The fraction of sp³-hybridized carbons (Fsp3) is 0.571. The first-order chi connectivity index (χ1) is 14.4. The molecule has 0 bridgehead atoms. The number of imidazole rings is 1. The molecule has 2 aliphatic rings. The van der Waals surface area contributed by atoms with E-state index in [4.69, 9.17) is 4.74 Å². The summed E-state index contributed by atoms with van der Waals surface area (Å²) in [6.07, 6.45) is 9.81. The molecule has 0 aromatic carbocycles. The van der Waals surface area contributed by atoms with Gasteiger partial charge in [-0.2, -0.15) is 0 Å². The Morgan fingerprint density at radius 2 is 1.70 bits per heavy atom. The number of piperidine rings is 1. The van der Waals surface area contributed by atoms with Crippen LogP contribution in [0.1, 0.15) is 55.7 Å². The maximum atomic E-state index is 13.3. The number of aryl methyl sites for hydroxylation is 1. The monoisotopic (exact) mass is 412 g/mol.